The zero-order valence-electron chi connectivity index (χ0n) is 15.3. The lowest BCUT2D eigenvalue weighted by Crippen LogP contribution is -2.26. The van der Waals surface area contributed by atoms with Gasteiger partial charge in [0.1, 0.15) is 12.3 Å². The fourth-order valence-electron chi connectivity index (χ4n) is 4.08. The molecule has 3 aromatic carbocycles. The number of phenolic OH excluding ortho intramolecular Hbond substituents is 1. The summed E-state index contributed by atoms with van der Waals surface area (Å²) in [4.78, 5) is 0. The predicted octanol–water partition coefficient (Wildman–Crippen LogP) is 5.63. The summed E-state index contributed by atoms with van der Waals surface area (Å²) >= 11 is 0. The van der Waals surface area contributed by atoms with Crippen molar-refractivity contribution in [1.82, 2.24) is 0 Å². The summed E-state index contributed by atoms with van der Waals surface area (Å²) in [6.07, 6.45) is 0. The van der Waals surface area contributed by atoms with Crippen LogP contribution in [0.2, 0.25) is 0 Å². The highest BCUT2D eigenvalue weighted by atomic mass is 16.3. The van der Waals surface area contributed by atoms with Crippen molar-refractivity contribution in [3.63, 3.8) is 0 Å². The fraction of sp³-hybridized carbons (Fsp3) is 0.261. The molecule has 1 aliphatic heterocycles. The maximum atomic E-state index is 9.76. The Balaban J connectivity index is 1.93. The molecule has 0 unspecified atom stereocenters. The molecule has 0 saturated carbocycles. The van der Waals surface area contributed by atoms with Gasteiger partial charge in [0.05, 0.1) is 5.41 Å². The fourth-order valence-corrected chi connectivity index (χ4v) is 4.08. The normalized spacial score (nSPS) is 15.7. The molecule has 4 rings (SSSR count). The van der Waals surface area contributed by atoms with Gasteiger partial charge in [-0.15, -0.1) is 0 Å². The molecule has 0 atom stereocenters. The molecule has 0 radical (unpaired) electrons. The number of rotatable bonds is 2. The average Bonchev–Trinajstić information content (AvgIpc) is 2.80. The van der Waals surface area contributed by atoms with E-state index in [0.717, 1.165) is 11.9 Å². The second-order valence-corrected chi connectivity index (χ2v) is 7.40. The lowest BCUT2D eigenvalue weighted by Gasteiger charge is -2.16. The molecule has 0 aliphatic carbocycles. The Hall–Kier alpha value is -2.61. The monoisotopic (exact) mass is 330 g/mol. The summed E-state index contributed by atoms with van der Waals surface area (Å²) in [7, 11) is 0. The number of fused-ring (bicyclic) bond motifs is 2. The van der Waals surface area contributed by atoms with Crippen molar-refractivity contribution in [2.24, 2.45) is 0 Å². The van der Waals surface area contributed by atoms with Crippen LogP contribution in [0.15, 0.2) is 54.6 Å². The van der Waals surface area contributed by atoms with E-state index in [1.165, 1.54) is 33.5 Å². The van der Waals surface area contributed by atoms with Gasteiger partial charge < -0.3 is 5.11 Å². The highest BCUT2D eigenvalue weighted by molar-refractivity contribution is 5.99. The summed E-state index contributed by atoms with van der Waals surface area (Å²) in [5.74, 6) is 0.309. The van der Waals surface area contributed by atoms with Crippen LogP contribution in [-0.4, -0.2) is 21.9 Å². The molecular weight excluding hydrogens is 306 g/mol. The zero-order chi connectivity index (χ0) is 17.8. The zero-order valence-corrected chi connectivity index (χ0v) is 15.3. The molecule has 3 aromatic rings. The molecule has 0 aromatic heterocycles. The molecule has 1 aliphatic rings. The van der Waals surface area contributed by atoms with Gasteiger partial charge >= 0.3 is 0 Å². The predicted molar refractivity (Wildman–Crippen MR) is 105 cm³/mol. The minimum Gasteiger partial charge on any atom is -0.508 e. The Morgan fingerprint density at radius 1 is 1.00 bits per heavy atom. The minimum atomic E-state index is 0.0458. The van der Waals surface area contributed by atoms with Crippen LogP contribution in [0.1, 0.15) is 33.3 Å². The van der Waals surface area contributed by atoms with Gasteiger partial charge in [0, 0.05) is 18.6 Å². The second kappa shape index (κ2) is 5.45. The van der Waals surface area contributed by atoms with Crippen LogP contribution >= 0.6 is 0 Å². The van der Waals surface area contributed by atoms with Gasteiger partial charge in [-0.3, -0.25) is 0 Å². The maximum Gasteiger partial charge on any atom is 0.209 e. The molecule has 0 saturated heterocycles. The van der Waals surface area contributed by atoms with E-state index < -0.39 is 0 Å². The molecule has 2 heteroatoms. The number of hydrogen-bond donors (Lipinski definition) is 1. The molecule has 2 nitrogen and oxygen atoms in total. The van der Waals surface area contributed by atoms with Gasteiger partial charge in [-0.2, -0.15) is 4.58 Å². The Morgan fingerprint density at radius 3 is 2.56 bits per heavy atom. The van der Waals surface area contributed by atoms with E-state index in [1.807, 2.05) is 18.2 Å². The van der Waals surface area contributed by atoms with Gasteiger partial charge in [0.15, 0.2) is 5.71 Å². The van der Waals surface area contributed by atoms with Gasteiger partial charge in [0.2, 0.25) is 5.69 Å². The van der Waals surface area contributed by atoms with E-state index in [4.69, 9.17) is 0 Å². The first-order valence-electron chi connectivity index (χ1n) is 8.91. The summed E-state index contributed by atoms with van der Waals surface area (Å²) in [5, 5.41) is 12.0. The van der Waals surface area contributed by atoms with Crippen molar-refractivity contribution in [1.29, 1.82) is 0 Å². The first-order chi connectivity index (χ1) is 11.9. The molecule has 1 heterocycles. The smallest absolute Gasteiger partial charge is 0.209 e. The third-order valence-corrected chi connectivity index (χ3v) is 5.76. The van der Waals surface area contributed by atoms with Crippen LogP contribution in [0.25, 0.3) is 21.9 Å². The molecule has 0 bridgehead atoms. The molecule has 0 amide bonds. The van der Waals surface area contributed by atoms with Crippen LogP contribution < -0.4 is 0 Å². The number of hydrogen-bond acceptors (Lipinski definition) is 1. The van der Waals surface area contributed by atoms with E-state index >= 15 is 0 Å². The summed E-state index contributed by atoms with van der Waals surface area (Å²) in [5.41, 5.74) is 6.61. The van der Waals surface area contributed by atoms with E-state index in [1.54, 1.807) is 6.07 Å². The van der Waals surface area contributed by atoms with Crippen molar-refractivity contribution < 1.29 is 9.68 Å². The SMILES string of the molecule is CC[N+]1=C(C)C(C)(C)c2cc(-c3cccc4cc(O)ccc34)ccc21. The van der Waals surface area contributed by atoms with Crippen LogP contribution in [-0.2, 0) is 5.41 Å². The maximum absolute atomic E-state index is 9.76. The average molecular weight is 330 g/mol. The first-order valence-corrected chi connectivity index (χ1v) is 8.91. The first kappa shape index (κ1) is 15.9. The minimum absolute atomic E-state index is 0.0458. The third-order valence-electron chi connectivity index (χ3n) is 5.76. The lowest BCUT2D eigenvalue weighted by molar-refractivity contribution is -0.434. The molecule has 0 fully saturated rings. The van der Waals surface area contributed by atoms with Gasteiger partial charge in [-0.25, -0.2) is 0 Å². The highest BCUT2D eigenvalue weighted by Gasteiger charge is 2.42. The number of benzene rings is 3. The van der Waals surface area contributed by atoms with Crippen LogP contribution in [0.5, 0.6) is 5.75 Å². The Bertz CT molecular complexity index is 1030. The van der Waals surface area contributed by atoms with Gasteiger partial charge in [-0.05, 0) is 66.9 Å². The topological polar surface area (TPSA) is 23.2 Å². The quantitative estimate of drug-likeness (QED) is 0.605. The number of aromatic hydroxyl groups is 1. The van der Waals surface area contributed by atoms with E-state index in [0.29, 0.717) is 5.75 Å². The van der Waals surface area contributed by atoms with Crippen LogP contribution in [0.4, 0.5) is 5.69 Å². The lowest BCUT2D eigenvalue weighted by atomic mass is 9.81. The Kier molecular flexibility index (Phi) is 3.47. The summed E-state index contributed by atoms with van der Waals surface area (Å²) < 4.78 is 2.42. The molecular formula is C23H24NO+. The molecule has 1 N–H and O–H groups in total. The third kappa shape index (κ3) is 2.28. The summed E-state index contributed by atoms with van der Waals surface area (Å²) in [6, 6.07) is 18.7. The van der Waals surface area contributed by atoms with Gasteiger partial charge in [-0.1, -0.05) is 24.3 Å². The highest BCUT2D eigenvalue weighted by Crippen LogP contribution is 2.42. The van der Waals surface area contributed by atoms with Gasteiger partial charge in [0.25, 0.3) is 0 Å². The van der Waals surface area contributed by atoms with E-state index in [9.17, 15) is 5.11 Å². The van der Waals surface area contributed by atoms with Crippen molar-refractivity contribution in [2.75, 3.05) is 6.54 Å². The number of phenols is 1. The Morgan fingerprint density at radius 2 is 1.80 bits per heavy atom. The Labute approximate surface area is 149 Å². The van der Waals surface area contributed by atoms with E-state index in [2.05, 4.69) is 62.6 Å². The summed E-state index contributed by atoms with van der Waals surface area (Å²) in [6.45, 7) is 10.1. The van der Waals surface area contributed by atoms with Crippen molar-refractivity contribution in [3.8, 4) is 16.9 Å². The molecule has 126 valence electrons. The van der Waals surface area contributed by atoms with Crippen molar-refractivity contribution >= 4 is 22.2 Å². The number of nitrogens with zero attached hydrogens (tertiary/aromatic N) is 1. The largest absolute Gasteiger partial charge is 0.508 e. The molecule has 0 spiro atoms. The van der Waals surface area contributed by atoms with Crippen molar-refractivity contribution in [3.05, 3.63) is 60.2 Å². The van der Waals surface area contributed by atoms with E-state index in [-0.39, 0.29) is 5.41 Å². The van der Waals surface area contributed by atoms with Crippen LogP contribution in [0.3, 0.4) is 0 Å². The van der Waals surface area contributed by atoms with Crippen LogP contribution in [0, 0.1) is 0 Å². The van der Waals surface area contributed by atoms with Crippen molar-refractivity contribution in [2.45, 2.75) is 33.1 Å². The standard InChI is InChI=1S/C23H23NO/c1-5-24-15(2)23(3,4)21-14-17(9-12-22(21)24)19-8-6-7-16-13-18(25)10-11-20(16)19/h6-14H,5H2,1-4H3/p+1. The second-order valence-electron chi connectivity index (χ2n) is 7.40. The molecule has 25 heavy (non-hydrogen) atoms.